The molecule has 1 saturated carbocycles. The molecule has 92 valence electrons. The van der Waals surface area contributed by atoms with Gasteiger partial charge in [0.1, 0.15) is 5.75 Å². The van der Waals surface area contributed by atoms with Gasteiger partial charge in [-0.05, 0) is 37.5 Å². The lowest BCUT2D eigenvalue weighted by molar-refractivity contribution is -0.121. The Kier molecular flexibility index (Phi) is 3.07. The summed E-state index contributed by atoms with van der Waals surface area (Å²) >= 11 is 0. The number of aryl methyl sites for hydroxylation is 1. The van der Waals surface area contributed by atoms with Crippen LogP contribution in [0.1, 0.15) is 31.2 Å². The van der Waals surface area contributed by atoms with Gasteiger partial charge in [0.05, 0.1) is 11.2 Å². The van der Waals surface area contributed by atoms with E-state index >= 15 is 0 Å². The van der Waals surface area contributed by atoms with Crippen molar-refractivity contribution in [2.75, 3.05) is 5.32 Å². The van der Waals surface area contributed by atoms with Gasteiger partial charge < -0.3 is 16.2 Å². The second kappa shape index (κ2) is 4.37. The SMILES string of the molecule is Cc1ccc(O)c(NC(=O)C2(N)CCCC2)c1. The first-order valence-electron chi connectivity index (χ1n) is 5.91. The van der Waals surface area contributed by atoms with E-state index in [1.807, 2.05) is 6.92 Å². The Morgan fingerprint density at radius 3 is 2.71 bits per heavy atom. The van der Waals surface area contributed by atoms with Crippen LogP contribution in [0.3, 0.4) is 0 Å². The van der Waals surface area contributed by atoms with E-state index < -0.39 is 5.54 Å². The number of benzene rings is 1. The third kappa shape index (κ3) is 2.42. The molecule has 1 aliphatic rings. The van der Waals surface area contributed by atoms with Crippen LogP contribution in [0, 0.1) is 6.92 Å². The highest BCUT2D eigenvalue weighted by atomic mass is 16.3. The molecule has 0 unspecified atom stereocenters. The minimum absolute atomic E-state index is 0.0746. The van der Waals surface area contributed by atoms with Gasteiger partial charge in [-0.15, -0.1) is 0 Å². The fourth-order valence-corrected chi connectivity index (χ4v) is 2.23. The number of phenolic OH excluding ortho intramolecular Hbond substituents is 1. The van der Waals surface area contributed by atoms with E-state index in [9.17, 15) is 9.90 Å². The van der Waals surface area contributed by atoms with E-state index in [1.165, 1.54) is 0 Å². The highest BCUT2D eigenvalue weighted by molar-refractivity contribution is 5.99. The lowest BCUT2D eigenvalue weighted by Gasteiger charge is -2.22. The molecular formula is C13H18N2O2. The van der Waals surface area contributed by atoms with Crippen LogP contribution < -0.4 is 11.1 Å². The Morgan fingerprint density at radius 2 is 2.06 bits per heavy atom. The number of anilines is 1. The van der Waals surface area contributed by atoms with Gasteiger partial charge in [0, 0.05) is 0 Å². The van der Waals surface area contributed by atoms with E-state index in [1.54, 1.807) is 18.2 Å². The summed E-state index contributed by atoms with van der Waals surface area (Å²) in [5, 5.41) is 12.4. The largest absolute Gasteiger partial charge is 0.506 e. The summed E-state index contributed by atoms with van der Waals surface area (Å²) in [6.45, 7) is 1.91. The molecule has 0 atom stereocenters. The maximum absolute atomic E-state index is 12.1. The molecule has 0 radical (unpaired) electrons. The Morgan fingerprint density at radius 1 is 1.41 bits per heavy atom. The number of carbonyl (C=O) groups excluding carboxylic acids is 1. The molecule has 4 nitrogen and oxygen atoms in total. The molecule has 17 heavy (non-hydrogen) atoms. The van der Waals surface area contributed by atoms with Crippen LogP contribution >= 0.6 is 0 Å². The summed E-state index contributed by atoms with van der Waals surface area (Å²) in [5.41, 5.74) is 6.70. The van der Waals surface area contributed by atoms with Crippen molar-refractivity contribution in [2.24, 2.45) is 5.73 Å². The van der Waals surface area contributed by atoms with Gasteiger partial charge in [-0.2, -0.15) is 0 Å². The second-order valence-corrected chi connectivity index (χ2v) is 4.84. The summed E-state index contributed by atoms with van der Waals surface area (Å²) in [5.74, 6) is -0.124. The van der Waals surface area contributed by atoms with E-state index in [-0.39, 0.29) is 11.7 Å². The molecular weight excluding hydrogens is 216 g/mol. The van der Waals surface area contributed by atoms with Crippen molar-refractivity contribution < 1.29 is 9.90 Å². The van der Waals surface area contributed by atoms with Gasteiger partial charge in [0.25, 0.3) is 0 Å². The number of carbonyl (C=O) groups is 1. The third-order valence-electron chi connectivity index (χ3n) is 3.35. The molecule has 0 aliphatic heterocycles. The molecule has 0 aromatic heterocycles. The lowest BCUT2D eigenvalue weighted by atomic mass is 9.98. The van der Waals surface area contributed by atoms with Crippen molar-refractivity contribution in [1.82, 2.24) is 0 Å². The molecule has 1 amide bonds. The molecule has 0 saturated heterocycles. The fourth-order valence-electron chi connectivity index (χ4n) is 2.23. The van der Waals surface area contributed by atoms with Crippen molar-refractivity contribution in [3.8, 4) is 5.75 Å². The molecule has 1 aromatic rings. The average Bonchev–Trinajstić information content (AvgIpc) is 2.72. The number of amides is 1. The molecule has 4 heteroatoms. The topological polar surface area (TPSA) is 75.3 Å². The van der Waals surface area contributed by atoms with Crippen molar-refractivity contribution in [2.45, 2.75) is 38.1 Å². The van der Waals surface area contributed by atoms with Crippen molar-refractivity contribution in [1.29, 1.82) is 0 Å². The Hall–Kier alpha value is -1.55. The zero-order chi connectivity index (χ0) is 12.5. The monoisotopic (exact) mass is 234 g/mol. The van der Waals surface area contributed by atoms with Crippen LogP contribution in [-0.2, 0) is 4.79 Å². The van der Waals surface area contributed by atoms with Crippen molar-refractivity contribution >= 4 is 11.6 Å². The van der Waals surface area contributed by atoms with Crippen LogP contribution in [0.15, 0.2) is 18.2 Å². The zero-order valence-electron chi connectivity index (χ0n) is 9.99. The average molecular weight is 234 g/mol. The van der Waals surface area contributed by atoms with Gasteiger partial charge in [0.15, 0.2) is 0 Å². The number of hydrogen-bond acceptors (Lipinski definition) is 3. The van der Waals surface area contributed by atoms with Crippen LogP contribution in [0.5, 0.6) is 5.75 Å². The first kappa shape index (κ1) is 11.9. The molecule has 2 rings (SSSR count). The summed E-state index contributed by atoms with van der Waals surface area (Å²) in [4.78, 5) is 12.1. The van der Waals surface area contributed by atoms with Gasteiger partial charge in [-0.3, -0.25) is 4.79 Å². The quantitative estimate of drug-likeness (QED) is 0.684. The molecule has 1 aliphatic carbocycles. The summed E-state index contributed by atoms with van der Waals surface area (Å²) < 4.78 is 0. The summed E-state index contributed by atoms with van der Waals surface area (Å²) in [6, 6.07) is 5.10. The molecule has 1 aromatic carbocycles. The maximum Gasteiger partial charge on any atom is 0.244 e. The van der Waals surface area contributed by atoms with E-state index in [2.05, 4.69) is 5.32 Å². The Balaban J connectivity index is 2.15. The van der Waals surface area contributed by atoms with Crippen LogP contribution in [0.2, 0.25) is 0 Å². The van der Waals surface area contributed by atoms with Crippen LogP contribution in [0.4, 0.5) is 5.69 Å². The normalized spacial score (nSPS) is 18.0. The third-order valence-corrected chi connectivity index (χ3v) is 3.35. The number of aromatic hydroxyl groups is 1. The lowest BCUT2D eigenvalue weighted by Crippen LogP contribution is -2.48. The minimum Gasteiger partial charge on any atom is -0.506 e. The van der Waals surface area contributed by atoms with Gasteiger partial charge in [-0.25, -0.2) is 0 Å². The molecule has 0 heterocycles. The molecule has 1 fully saturated rings. The number of hydrogen-bond donors (Lipinski definition) is 3. The van der Waals surface area contributed by atoms with E-state index in [0.29, 0.717) is 18.5 Å². The van der Waals surface area contributed by atoms with Crippen molar-refractivity contribution in [3.63, 3.8) is 0 Å². The van der Waals surface area contributed by atoms with E-state index in [0.717, 1.165) is 18.4 Å². The first-order chi connectivity index (χ1) is 8.01. The highest BCUT2D eigenvalue weighted by Gasteiger charge is 2.37. The standard InChI is InChI=1S/C13H18N2O2/c1-9-4-5-11(16)10(8-9)15-12(17)13(14)6-2-3-7-13/h4-5,8,16H,2-3,6-7,14H2,1H3,(H,15,17). The Bertz CT molecular complexity index is 437. The van der Waals surface area contributed by atoms with E-state index in [4.69, 9.17) is 5.73 Å². The molecule has 0 bridgehead atoms. The maximum atomic E-state index is 12.1. The Labute approximate surface area is 101 Å². The summed E-state index contributed by atoms with van der Waals surface area (Å²) in [6.07, 6.45) is 3.41. The van der Waals surface area contributed by atoms with Gasteiger partial charge in [-0.1, -0.05) is 18.9 Å². The van der Waals surface area contributed by atoms with Crippen LogP contribution in [0.25, 0.3) is 0 Å². The minimum atomic E-state index is -0.768. The predicted octanol–water partition coefficient (Wildman–Crippen LogP) is 1.91. The second-order valence-electron chi connectivity index (χ2n) is 4.84. The molecule has 0 spiro atoms. The smallest absolute Gasteiger partial charge is 0.244 e. The number of phenols is 1. The van der Waals surface area contributed by atoms with Crippen molar-refractivity contribution in [3.05, 3.63) is 23.8 Å². The first-order valence-corrected chi connectivity index (χ1v) is 5.91. The number of rotatable bonds is 2. The number of nitrogens with one attached hydrogen (secondary N) is 1. The molecule has 4 N–H and O–H groups in total. The zero-order valence-corrected chi connectivity index (χ0v) is 9.99. The fraction of sp³-hybridized carbons (Fsp3) is 0.462. The predicted molar refractivity (Wildman–Crippen MR) is 66.9 cm³/mol. The summed E-state index contributed by atoms with van der Waals surface area (Å²) in [7, 11) is 0. The van der Waals surface area contributed by atoms with Crippen LogP contribution in [-0.4, -0.2) is 16.6 Å². The van der Waals surface area contributed by atoms with Gasteiger partial charge in [0.2, 0.25) is 5.91 Å². The van der Waals surface area contributed by atoms with Gasteiger partial charge >= 0.3 is 0 Å². The highest BCUT2D eigenvalue weighted by Crippen LogP contribution is 2.30. The number of nitrogens with two attached hydrogens (primary N) is 1.